The molecule has 1 aromatic rings. The van der Waals surface area contributed by atoms with Gasteiger partial charge in [0.2, 0.25) is 0 Å². The first kappa shape index (κ1) is 14.1. The van der Waals surface area contributed by atoms with Gasteiger partial charge in [-0.2, -0.15) is 0 Å². The van der Waals surface area contributed by atoms with Crippen LogP contribution in [0.15, 0.2) is 24.3 Å². The van der Waals surface area contributed by atoms with Crippen molar-refractivity contribution in [1.82, 2.24) is 10.6 Å². The van der Waals surface area contributed by atoms with Gasteiger partial charge in [-0.1, -0.05) is 24.3 Å². The van der Waals surface area contributed by atoms with Crippen molar-refractivity contribution < 1.29 is 9.53 Å². The molecule has 4 heteroatoms. The molecule has 2 fully saturated rings. The Morgan fingerprint density at radius 1 is 1.05 bits per heavy atom. The molecule has 1 aromatic carbocycles. The van der Waals surface area contributed by atoms with Crippen LogP contribution in [0.1, 0.15) is 36.8 Å². The number of carbonyl (C=O) groups excluding carboxylic acids is 1. The fourth-order valence-electron chi connectivity index (χ4n) is 4.41. The number of urea groups is 1. The SMILES string of the molecule is O=C(NC1Cc2ccccc2C1)N[C@@H]1CCC[C@@H]2OCC[C@@H]21. The smallest absolute Gasteiger partial charge is 0.315 e. The lowest BCUT2D eigenvalue weighted by Crippen LogP contribution is -2.51. The third-order valence-electron chi connectivity index (χ3n) is 5.48. The fraction of sp³-hybridized carbons (Fsp3) is 0.611. The molecule has 1 saturated heterocycles. The third-order valence-corrected chi connectivity index (χ3v) is 5.48. The second-order valence-corrected chi connectivity index (χ2v) is 6.89. The van der Waals surface area contributed by atoms with Crippen molar-refractivity contribution in [3.8, 4) is 0 Å². The van der Waals surface area contributed by atoms with Gasteiger partial charge >= 0.3 is 6.03 Å². The van der Waals surface area contributed by atoms with Crippen LogP contribution in [0.2, 0.25) is 0 Å². The van der Waals surface area contributed by atoms with Gasteiger partial charge in [0.25, 0.3) is 0 Å². The molecule has 4 rings (SSSR count). The zero-order chi connectivity index (χ0) is 14.9. The third kappa shape index (κ3) is 2.72. The van der Waals surface area contributed by atoms with Crippen LogP contribution in [0.3, 0.4) is 0 Å². The summed E-state index contributed by atoms with van der Waals surface area (Å²) in [6.07, 6.45) is 6.75. The molecule has 0 unspecified atom stereocenters. The van der Waals surface area contributed by atoms with E-state index in [1.165, 1.54) is 11.1 Å². The Kier molecular flexibility index (Phi) is 3.78. The lowest BCUT2D eigenvalue weighted by atomic mass is 9.82. The minimum absolute atomic E-state index is 0.00430. The summed E-state index contributed by atoms with van der Waals surface area (Å²) in [7, 11) is 0. The molecular weight excluding hydrogens is 276 g/mol. The van der Waals surface area contributed by atoms with Crippen molar-refractivity contribution in [2.75, 3.05) is 6.61 Å². The van der Waals surface area contributed by atoms with Crippen molar-refractivity contribution in [1.29, 1.82) is 0 Å². The lowest BCUT2D eigenvalue weighted by molar-refractivity contribution is 0.0549. The molecule has 4 nitrogen and oxygen atoms in total. The monoisotopic (exact) mass is 300 g/mol. The highest BCUT2D eigenvalue weighted by Gasteiger charge is 2.38. The standard InChI is InChI=1S/C18H24N2O2/c21-18(19-14-10-12-4-1-2-5-13(12)11-14)20-16-6-3-7-17-15(16)8-9-22-17/h1-2,4-5,14-17H,3,6-11H2,(H2,19,20,21)/t15-,16-,17+/m1/s1. The second-order valence-electron chi connectivity index (χ2n) is 6.89. The van der Waals surface area contributed by atoms with Crippen molar-refractivity contribution in [3.05, 3.63) is 35.4 Å². The number of amides is 2. The number of hydrogen-bond acceptors (Lipinski definition) is 2. The molecule has 1 saturated carbocycles. The molecule has 22 heavy (non-hydrogen) atoms. The maximum atomic E-state index is 12.3. The summed E-state index contributed by atoms with van der Waals surface area (Å²) in [5.74, 6) is 0.514. The number of benzene rings is 1. The quantitative estimate of drug-likeness (QED) is 0.881. The minimum Gasteiger partial charge on any atom is -0.378 e. The Bertz CT molecular complexity index is 535. The highest BCUT2D eigenvalue weighted by Crippen LogP contribution is 2.34. The van der Waals surface area contributed by atoms with Gasteiger partial charge in [-0.3, -0.25) is 0 Å². The van der Waals surface area contributed by atoms with Crippen LogP contribution < -0.4 is 10.6 Å². The first-order valence-electron chi connectivity index (χ1n) is 8.55. The first-order valence-corrected chi connectivity index (χ1v) is 8.55. The number of rotatable bonds is 2. The highest BCUT2D eigenvalue weighted by molar-refractivity contribution is 5.75. The van der Waals surface area contributed by atoms with Crippen LogP contribution in [0.5, 0.6) is 0 Å². The van der Waals surface area contributed by atoms with E-state index in [0.29, 0.717) is 12.0 Å². The molecule has 0 spiro atoms. The number of hydrogen-bond donors (Lipinski definition) is 2. The van der Waals surface area contributed by atoms with Gasteiger partial charge in [0, 0.05) is 24.6 Å². The maximum Gasteiger partial charge on any atom is 0.315 e. The number of ether oxygens (including phenoxy) is 1. The Morgan fingerprint density at radius 2 is 1.82 bits per heavy atom. The number of carbonyl (C=O) groups is 1. The molecule has 118 valence electrons. The van der Waals surface area contributed by atoms with E-state index in [4.69, 9.17) is 4.74 Å². The van der Waals surface area contributed by atoms with Crippen LogP contribution in [0, 0.1) is 5.92 Å². The molecule has 2 N–H and O–H groups in total. The normalized spacial score (nSPS) is 30.6. The van der Waals surface area contributed by atoms with Gasteiger partial charge in [0.1, 0.15) is 0 Å². The molecule has 0 bridgehead atoms. The topological polar surface area (TPSA) is 50.4 Å². The Labute approximate surface area is 131 Å². The number of nitrogens with one attached hydrogen (secondary N) is 2. The largest absolute Gasteiger partial charge is 0.378 e. The van der Waals surface area contributed by atoms with E-state index < -0.39 is 0 Å². The van der Waals surface area contributed by atoms with Crippen molar-refractivity contribution in [2.24, 2.45) is 5.92 Å². The van der Waals surface area contributed by atoms with E-state index in [1.54, 1.807) is 0 Å². The summed E-state index contributed by atoms with van der Waals surface area (Å²) in [5, 5.41) is 6.38. The van der Waals surface area contributed by atoms with Gasteiger partial charge in [0.15, 0.2) is 0 Å². The number of fused-ring (bicyclic) bond motifs is 2. The zero-order valence-electron chi connectivity index (χ0n) is 12.9. The first-order chi connectivity index (χ1) is 10.8. The van der Waals surface area contributed by atoms with E-state index >= 15 is 0 Å². The molecule has 3 aliphatic rings. The summed E-state index contributed by atoms with van der Waals surface area (Å²) in [4.78, 5) is 12.3. The summed E-state index contributed by atoms with van der Waals surface area (Å²) in [6, 6.07) is 8.98. The van der Waals surface area contributed by atoms with Gasteiger partial charge in [-0.15, -0.1) is 0 Å². The Balaban J connectivity index is 1.32. The minimum atomic E-state index is -0.00430. The lowest BCUT2D eigenvalue weighted by Gasteiger charge is -2.33. The van der Waals surface area contributed by atoms with Gasteiger partial charge in [-0.05, 0) is 49.7 Å². The summed E-state index contributed by atoms with van der Waals surface area (Å²) < 4.78 is 5.77. The summed E-state index contributed by atoms with van der Waals surface area (Å²) >= 11 is 0. The van der Waals surface area contributed by atoms with Crippen LogP contribution in [-0.4, -0.2) is 30.8 Å². The van der Waals surface area contributed by atoms with E-state index in [-0.39, 0.29) is 18.1 Å². The Morgan fingerprint density at radius 3 is 2.59 bits per heavy atom. The van der Waals surface area contributed by atoms with Crippen LogP contribution in [0.4, 0.5) is 4.79 Å². The molecular formula is C18H24N2O2. The highest BCUT2D eigenvalue weighted by atomic mass is 16.5. The van der Waals surface area contributed by atoms with Gasteiger partial charge < -0.3 is 15.4 Å². The van der Waals surface area contributed by atoms with Crippen LogP contribution in [-0.2, 0) is 17.6 Å². The molecule has 0 radical (unpaired) electrons. The van der Waals surface area contributed by atoms with E-state index in [9.17, 15) is 4.79 Å². The maximum absolute atomic E-state index is 12.3. The molecule has 0 aromatic heterocycles. The van der Waals surface area contributed by atoms with Crippen LogP contribution >= 0.6 is 0 Å². The predicted molar refractivity (Wildman–Crippen MR) is 84.8 cm³/mol. The zero-order valence-corrected chi connectivity index (χ0v) is 12.9. The average Bonchev–Trinajstić information content (AvgIpc) is 3.12. The predicted octanol–water partition coefficient (Wildman–Crippen LogP) is 2.41. The van der Waals surface area contributed by atoms with Crippen LogP contribution in [0.25, 0.3) is 0 Å². The van der Waals surface area contributed by atoms with E-state index in [2.05, 4.69) is 34.9 Å². The van der Waals surface area contributed by atoms with Crippen molar-refractivity contribution in [3.63, 3.8) is 0 Å². The van der Waals surface area contributed by atoms with E-state index in [1.807, 2.05) is 0 Å². The van der Waals surface area contributed by atoms with E-state index in [0.717, 1.165) is 45.1 Å². The summed E-state index contributed by atoms with van der Waals surface area (Å²) in [5.41, 5.74) is 2.74. The van der Waals surface area contributed by atoms with Crippen molar-refractivity contribution in [2.45, 2.75) is 56.7 Å². The second kappa shape index (κ2) is 5.92. The van der Waals surface area contributed by atoms with Gasteiger partial charge in [0.05, 0.1) is 6.10 Å². The molecule has 1 heterocycles. The summed E-state index contributed by atoms with van der Waals surface area (Å²) in [6.45, 7) is 0.854. The molecule has 3 atom stereocenters. The molecule has 2 amide bonds. The molecule has 1 aliphatic heterocycles. The fourth-order valence-corrected chi connectivity index (χ4v) is 4.41. The average molecular weight is 300 g/mol. The van der Waals surface area contributed by atoms with Crippen molar-refractivity contribution >= 4 is 6.03 Å². The Hall–Kier alpha value is -1.55. The molecule has 2 aliphatic carbocycles. The van der Waals surface area contributed by atoms with Gasteiger partial charge in [-0.25, -0.2) is 4.79 Å².